The SMILES string of the molecule is Cc1nc(-c2cccc(Cl)c2F)sc1CNC(C)C. The minimum atomic E-state index is -0.402. The Morgan fingerprint density at radius 1 is 1.42 bits per heavy atom. The van der Waals surface area contributed by atoms with Crippen molar-refractivity contribution in [2.24, 2.45) is 0 Å². The van der Waals surface area contributed by atoms with Crippen molar-refractivity contribution < 1.29 is 4.39 Å². The van der Waals surface area contributed by atoms with Crippen LogP contribution >= 0.6 is 22.9 Å². The van der Waals surface area contributed by atoms with Gasteiger partial charge in [-0.05, 0) is 19.1 Å². The van der Waals surface area contributed by atoms with Gasteiger partial charge in [0.2, 0.25) is 0 Å². The molecule has 0 saturated carbocycles. The van der Waals surface area contributed by atoms with Crippen LogP contribution in [0.2, 0.25) is 5.02 Å². The van der Waals surface area contributed by atoms with Crippen molar-refractivity contribution in [3.63, 3.8) is 0 Å². The molecule has 1 aromatic carbocycles. The van der Waals surface area contributed by atoms with Gasteiger partial charge in [-0.1, -0.05) is 31.5 Å². The molecule has 1 N–H and O–H groups in total. The van der Waals surface area contributed by atoms with Gasteiger partial charge >= 0.3 is 0 Å². The van der Waals surface area contributed by atoms with Crippen LogP contribution in [0, 0.1) is 12.7 Å². The largest absolute Gasteiger partial charge is 0.310 e. The van der Waals surface area contributed by atoms with Gasteiger partial charge in [-0.25, -0.2) is 9.37 Å². The molecule has 0 aliphatic heterocycles. The van der Waals surface area contributed by atoms with Crippen molar-refractivity contribution in [3.8, 4) is 10.6 Å². The number of rotatable bonds is 4. The van der Waals surface area contributed by atoms with Gasteiger partial charge in [0.1, 0.15) is 5.01 Å². The first kappa shape index (κ1) is 14.4. The van der Waals surface area contributed by atoms with Gasteiger partial charge in [0.25, 0.3) is 0 Å². The van der Waals surface area contributed by atoms with Crippen LogP contribution in [0.3, 0.4) is 0 Å². The maximum Gasteiger partial charge on any atom is 0.152 e. The predicted octanol–water partition coefficient (Wildman–Crippen LogP) is 4.41. The van der Waals surface area contributed by atoms with Crippen LogP contribution in [0.4, 0.5) is 4.39 Å². The van der Waals surface area contributed by atoms with Crippen LogP contribution in [0.25, 0.3) is 10.6 Å². The topological polar surface area (TPSA) is 24.9 Å². The van der Waals surface area contributed by atoms with Gasteiger partial charge in [0.15, 0.2) is 5.82 Å². The zero-order valence-corrected chi connectivity index (χ0v) is 12.7. The Balaban J connectivity index is 2.31. The molecule has 0 fully saturated rings. The third kappa shape index (κ3) is 3.32. The van der Waals surface area contributed by atoms with Gasteiger partial charge in [0, 0.05) is 23.0 Å². The fourth-order valence-corrected chi connectivity index (χ4v) is 2.88. The van der Waals surface area contributed by atoms with E-state index in [2.05, 4.69) is 24.1 Å². The number of nitrogens with zero attached hydrogens (tertiary/aromatic N) is 1. The summed E-state index contributed by atoms with van der Waals surface area (Å²) in [5.74, 6) is -0.402. The van der Waals surface area contributed by atoms with E-state index in [9.17, 15) is 4.39 Å². The van der Waals surface area contributed by atoms with Crippen LogP contribution in [0.15, 0.2) is 18.2 Å². The third-order valence-corrected chi connectivity index (χ3v) is 4.23. The first-order chi connectivity index (χ1) is 8.99. The zero-order valence-electron chi connectivity index (χ0n) is 11.1. The Morgan fingerprint density at radius 3 is 2.84 bits per heavy atom. The molecule has 2 rings (SSSR count). The number of halogens is 2. The molecule has 1 aromatic heterocycles. The van der Waals surface area contributed by atoms with E-state index in [0.29, 0.717) is 16.6 Å². The average Bonchev–Trinajstić information content (AvgIpc) is 2.71. The van der Waals surface area contributed by atoms with E-state index in [4.69, 9.17) is 11.6 Å². The summed E-state index contributed by atoms with van der Waals surface area (Å²) in [5.41, 5.74) is 1.41. The van der Waals surface area contributed by atoms with Gasteiger partial charge in [-0.15, -0.1) is 11.3 Å². The monoisotopic (exact) mass is 298 g/mol. The summed E-state index contributed by atoms with van der Waals surface area (Å²) in [6.07, 6.45) is 0. The fraction of sp³-hybridized carbons (Fsp3) is 0.357. The molecule has 2 nitrogen and oxygen atoms in total. The number of nitrogens with one attached hydrogen (secondary N) is 1. The minimum absolute atomic E-state index is 0.132. The molecule has 0 amide bonds. The second kappa shape index (κ2) is 5.99. The molecule has 0 aliphatic carbocycles. The molecule has 19 heavy (non-hydrogen) atoms. The molecular formula is C14H16ClFN2S. The third-order valence-electron chi connectivity index (χ3n) is 2.75. The molecule has 102 valence electrons. The molecule has 1 heterocycles. The lowest BCUT2D eigenvalue weighted by atomic mass is 10.2. The average molecular weight is 299 g/mol. The number of hydrogen-bond donors (Lipinski definition) is 1. The smallest absolute Gasteiger partial charge is 0.152 e. The normalized spacial score (nSPS) is 11.3. The van der Waals surface area contributed by atoms with Crippen LogP contribution in [-0.2, 0) is 6.54 Å². The van der Waals surface area contributed by atoms with Crippen LogP contribution in [0.1, 0.15) is 24.4 Å². The minimum Gasteiger partial charge on any atom is -0.310 e. The highest BCUT2D eigenvalue weighted by atomic mass is 35.5. The molecule has 2 aromatic rings. The molecule has 5 heteroatoms. The van der Waals surface area contributed by atoms with E-state index in [1.807, 2.05) is 6.92 Å². The summed E-state index contributed by atoms with van der Waals surface area (Å²) >= 11 is 7.31. The predicted molar refractivity (Wildman–Crippen MR) is 79.2 cm³/mol. The molecule has 0 aliphatic rings. The maximum absolute atomic E-state index is 14.0. The van der Waals surface area contributed by atoms with Crippen molar-refractivity contribution in [3.05, 3.63) is 39.6 Å². The van der Waals surface area contributed by atoms with E-state index < -0.39 is 5.82 Å². The van der Waals surface area contributed by atoms with Crippen LogP contribution < -0.4 is 5.32 Å². The lowest BCUT2D eigenvalue weighted by molar-refractivity contribution is 0.591. The van der Waals surface area contributed by atoms with Gasteiger partial charge in [0.05, 0.1) is 10.7 Å². The summed E-state index contributed by atoms with van der Waals surface area (Å²) in [4.78, 5) is 5.57. The number of thiazole rings is 1. The summed E-state index contributed by atoms with van der Waals surface area (Å²) in [7, 11) is 0. The lowest BCUT2D eigenvalue weighted by Crippen LogP contribution is -2.21. The molecule has 0 unspecified atom stereocenters. The zero-order chi connectivity index (χ0) is 14.0. The second-order valence-corrected chi connectivity index (χ2v) is 6.16. The standard InChI is InChI=1S/C14H16ClFN2S/c1-8(2)17-7-12-9(3)18-14(19-12)10-5-4-6-11(15)13(10)16/h4-6,8,17H,7H2,1-3H3. The van der Waals surface area contributed by atoms with E-state index in [-0.39, 0.29) is 5.02 Å². The first-order valence-corrected chi connectivity index (χ1v) is 7.32. The Kier molecular flexibility index (Phi) is 4.55. The lowest BCUT2D eigenvalue weighted by Gasteiger charge is -2.05. The number of hydrogen-bond acceptors (Lipinski definition) is 3. The maximum atomic E-state index is 14.0. The van der Waals surface area contributed by atoms with E-state index in [0.717, 1.165) is 17.1 Å². The molecule has 0 bridgehead atoms. The molecule has 0 radical (unpaired) electrons. The van der Waals surface area contributed by atoms with Crippen molar-refractivity contribution >= 4 is 22.9 Å². The number of aromatic nitrogens is 1. The van der Waals surface area contributed by atoms with Crippen molar-refractivity contribution in [2.45, 2.75) is 33.4 Å². The summed E-state index contributed by atoms with van der Waals surface area (Å²) in [6.45, 7) is 6.88. The van der Waals surface area contributed by atoms with Gasteiger partial charge < -0.3 is 5.32 Å². The first-order valence-electron chi connectivity index (χ1n) is 6.13. The van der Waals surface area contributed by atoms with Crippen molar-refractivity contribution in [2.75, 3.05) is 0 Å². The van der Waals surface area contributed by atoms with Gasteiger partial charge in [-0.2, -0.15) is 0 Å². The summed E-state index contributed by atoms with van der Waals surface area (Å²) in [6, 6.07) is 5.40. The number of aryl methyl sites for hydroxylation is 1. The molecule has 0 saturated heterocycles. The van der Waals surface area contributed by atoms with E-state index in [1.165, 1.54) is 11.3 Å². The van der Waals surface area contributed by atoms with Gasteiger partial charge in [-0.3, -0.25) is 0 Å². The fourth-order valence-electron chi connectivity index (χ4n) is 1.67. The van der Waals surface area contributed by atoms with E-state index >= 15 is 0 Å². The Hall–Kier alpha value is -0.970. The second-order valence-electron chi connectivity index (χ2n) is 4.66. The Labute approximate surface area is 121 Å². The summed E-state index contributed by atoms with van der Waals surface area (Å²) < 4.78 is 14.0. The van der Waals surface area contributed by atoms with Crippen molar-refractivity contribution in [1.82, 2.24) is 10.3 Å². The molecular weight excluding hydrogens is 283 g/mol. The molecule has 0 atom stereocenters. The highest BCUT2D eigenvalue weighted by Crippen LogP contribution is 2.32. The summed E-state index contributed by atoms with van der Waals surface area (Å²) in [5, 5.41) is 4.15. The highest BCUT2D eigenvalue weighted by Gasteiger charge is 2.14. The highest BCUT2D eigenvalue weighted by molar-refractivity contribution is 7.15. The van der Waals surface area contributed by atoms with Crippen LogP contribution in [-0.4, -0.2) is 11.0 Å². The van der Waals surface area contributed by atoms with Crippen LogP contribution in [0.5, 0.6) is 0 Å². The van der Waals surface area contributed by atoms with Crippen molar-refractivity contribution in [1.29, 1.82) is 0 Å². The Morgan fingerprint density at radius 2 is 2.16 bits per heavy atom. The molecule has 0 spiro atoms. The number of benzene rings is 1. The quantitative estimate of drug-likeness (QED) is 0.904. The van der Waals surface area contributed by atoms with E-state index in [1.54, 1.807) is 18.2 Å². The Bertz CT molecular complexity index is 581.